The molecule has 1 nitrogen and oxygen atoms in total. The van der Waals surface area contributed by atoms with Crippen molar-refractivity contribution in [2.24, 2.45) is 0 Å². The van der Waals surface area contributed by atoms with Gasteiger partial charge in [-0.15, -0.1) is 0 Å². The average molecular weight is 315 g/mol. The first-order chi connectivity index (χ1) is 8.15. The van der Waals surface area contributed by atoms with Gasteiger partial charge in [0.2, 0.25) is 0 Å². The summed E-state index contributed by atoms with van der Waals surface area (Å²) in [4.78, 5) is 0. The van der Waals surface area contributed by atoms with Gasteiger partial charge < -0.3 is 5.32 Å². The monoisotopic (exact) mass is 313 g/mol. The molecule has 0 aromatic heterocycles. The van der Waals surface area contributed by atoms with Gasteiger partial charge in [0, 0.05) is 16.0 Å². The Bertz CT molecular complexity index is 531. The van der Waals surface area contributed by atoms with Gasteiger partial charge in [0.25, 0.3) is 0 Å². The fourth-order valence-electron chi connectivity index (χ4n) is 1.48. The predicted molar refractivity (Wildman–Crippen MR) is 72.9 cm³/mol. The van der Waals surface area contributed by atoms with Crippen molar-refractivity contribution < 1.29 is 4.39 Å². The molecule has 2 aromatic rings. The molecule has 0 radical (unpaired) electrons. The second-order valence-electron chi connectivity index (χ2n) is 3.61. The average Bonchev–Trinajstić information content (AvgIpc) is 2.30. The van der Waals surface area contributed by atoms with E-state index in [1.807, 2.05) is 24.3 Å². The van der Waals surface area contributed by atoms with Crippen molar-refractivity contribution in [1.29, 1.82) is 0 Å². The Morgan fingerprint density at radius 1 is 1.18 bits per heavy atom. The minimum atomic E-state index is -0.262. The van der Waals surface area contributed by atoms with Gasteiger partial charge in [0.1, 0.15) is 5.82 Å². The quantitative estimate of drug-likeness (QED) is 0.853. The largest absolute Gasteiger partial charge is 0.380 e. The van der Waals surface area contributed by atoms with Gasteiger partial charge in [-0.25, -0.2) is 4.39 Å². The number of nitrogens with one attached hydrogen (secondary N) is 1. The van der Waals surface area contributed by atoms with Crippen LogP contribution in [0.25, 0.3) is 0 Å². The molecule has 0 heterocycles. The number of hydrogen-bond acceptors (Lipinski definition) is 1. The molecule has 0 unspecified atom stereocenters. The van der Waals surface area contributed by atoms with Gasteiger partial charge in [-0.1, -0.05) is 23.7 Å². The van der Waals surface area contributed by atoms with Gasteiger partial charge in [-0.2, -0.15) is 0 Å². The molecule has 2 rings (SSSR count). The summed E-state index contributed by atoms with van der Waals surface area (Å²) >= 11 is 9.25. The van der Waals surface area contributed by atoms with Crippen molar-refractivity contribution in [3.8, 4) is 0 Å². The van der Waals surface area contributed by atoms with Gasteiger partial charge in [0.15, 0.2) is 0 Å². The molecule has 0 saturated carbocycles. The zero-order valence-electron chi connectivity index (χ0n) is 8.88. The van der Waals surface area contributed by atoms with Crippen LogP contribution in [0.1, 0.15) is 5.56 Å². The van der Waals surface area contributed by atoms with Crippen LogP contribution in [0.2, 0.25) is 5.02 Å². The van der Waals surface area contributed by atoms with E-state index in [1.54, 1.807) is 6.07 Å². The molecule has 0 amide bonds. The van der Waals surface area contributed by atoms with E-state index in [4.69, 9.17) is 11.6 Å². The minimum absolute atomic E-state index is 0.262. The topological polar surface area (TPSA) is 12.0 Å². The second-order valence-corrected chi connectivity index (χ2v) is 4.90. The van der Waals surface area contributed by atoms with Crippen LogP contribution in [0.15, 0.2) is 46.9 Å². The number of benzene rings is 2. The Balaban J connectivity index is 2.09. The van der Waals surface area contributed by atoms with Crippen LogP contribution in [0, 0.1) is 5.82 Å². The van der Waals surface area contributed by atoms with E-state index in [1.165, 1.54) is 12.1 Å². The Hall–Kier alpha value is -1.06. The number of anilines is 1. The molecule has 88 valence electrons. The zero-order valence-corrected chi connectivity index (χ0v) is 11.2. The Kier molecular flexibility index (Phi) is 4.02. The number of halogens is 3. The summed E-state index contributed by atoms with van der Waals surface area (Å²) < 4.78 is 13.9. The van der Waals surface area contributed by atoms with E-state index in [0.717, 1.165) is 15.7 Å². The van der Waals surface area contributed by atoms with Crippen LogP contribution in [0.3, 0.4) is 0 Å². The van der Waals surface area contributed by atoms with Gasteiger partial charge in [0.05, 0.1) is 5.69 Å². The third-order valence-corrected chi connectivity index (χ3v) is 3.23. The van der Waals surface area contributed by atoms with Crippen LogP contribution in [-0.2, 0) is 6.54 Å². The highest BCUT2D eigenvalue weighted by molar-refractivity contribution is 9.10. The van der Waals surface area contributed by atoms with E-state index in [9.17, 15) is 4.39 Å². The summed E-state index contributed by atoms with van der Waals surface area (Å²) in [6.07, 6.45) is 0. The van der Waals surface area contributed by atoms with E-state index in [0.29, 0.717) is 11.6 Å². The molecule has 17 heavy (non-hydrogen) atoms. The Morgan fingerprint density at radius 2 is 2.00 bits per heavy atom. The summed E-state index contributed by atoms with van der Waals surface area (Å²) in [6, 6.07) is 12.1. The van der Waals surface area contributed by atoms with E-state index < -0.39 is 0 Å². The van der Waals surface area contributed by atoms with Crippen molar-refractivity contribution in [1.82, 2.24) is 0 Å². The Morgan fingerprint density at radius 3 is 2.76 bits per heavy atom. The van der Waals surface area contributed by atoms with Gasteiger partial charge in [-0.3, -0.25) is 0 Å². The summed E-state index contributed by atoms with van der Waals surface area (Å²) in [5.41, 5.74) is 1.78. The number of rotatable bonds is 3. The molecule has 0 saturated heterocycles. The third-order valence-electron chi connectivity index (χ3n) is 2.30. The molecule has 0 aliphatic carbocycles. The maximum absolute atomic E-state index is 13.1. The number of hydrogen-bond donors (Lipinski definition) is 1. The molecule has 0 atom stereocenters. The van der Waals surface area contributed by atoms with Crippen molar-refractivity contribution in [2.45, 2.75) is 6.54 Å². The van der Waals surface area contributed by atoms with Crippen molar-refractivity contribution >= 4 is 33.2 Å². The maximum atomic E-state index is 13.1. The highest BCUT2D eigenvalue weighted by atomic mass is 79.9. The molecular weight excluding hydrogens is 305 g/mol. The van der Waals surface area contributed by atoms with Crippen LogP contribution >= 0.6 is 27.5 Å². The zero-order chi connectivity index (χ0) is 12.3. The lowest BCUT2D eigenvalue weighted by Gasteiger charge is -2.09. The van der Waals surface area contributed by atoms with Crippen molar-refractivity contribution in [2.75, 3.05) is 5.32 Å². The van der Waals surface area contributed by atoms with E-state index in [2.05, 4.69) is 21.2 Å². The maximum Gasteiger partial charge on any atom is 0.125 e. The Labute approximate surface area is 113 Å². The normalized spacial score (nSPS) is 10.3. The molecule has 4 heteroatoms. The molecule has 0 fully saturated rings. The first kappa shape index (κ1) is 12.4. The third kappa shape index (κ3) is 3.45. The predicted octanol–water partition coefficient (Wildman–Crippen LogP) is 4.85. The molecule has 0 bridgehead atoms. The van der Waals surface area contributed by atoms with Crippen LogP contribution in [0.5, 0.6) is 0 Å². The van der Waals surface area contributed by atoms with Gasteiger partial charge in [-0.05, 0) is 51.8 Å². The lowest BCUT2D eigenvalue weighted by atomic mass is 10.2. The highest BCUT2D eigenvalue weighted by Gasteiger charge is 2.01. The lowest BCUT2D eigenvalue weighted by molar-refractivity contribution is 0.628. The van der Waals surface area contributed by atoms with Crippen molar-refractivity contribution in [3.63, 3.8) is 0 Å². The van der Waals surface area contributed by atoms with Crippen molar-refractivity contribution in [3.05, 3.63) is 63.3 Å². The summed E-state index contributed by atoms with van der Waals surface area (Å²) in [5.74, 6) is -0.262. The highest BCUT2D eigenvalue weighted by Crippen LogP contribution is 2.23. The molecule has 2 aromatic carbocycles. The van der Waals surface area contributed by atoms with E-state index in [-0.39, 0.29) is 5.82 Å². The van der Waals surface area contributed by atoms with Gasteiger partial charge >= 0.3 is 0 Å². The molecule has 0 aliphatic heterocycles. The molecule has 1 N–H and O–H groups in total. The first-order valence-corrected chi connectivity index (χ1v) is 6.25. The van der Waals surface area contributed by atoms with Crippen LogP contribution in [-0.4, -0.2) is 0 Å². The fraction of sp³-hybridized carbons (Fsp3) is 0.0769. The first-order valence-electron chi connectivity index (χ1n) is 5.08. The molecular formula is C13H10BrClFN. The summed E-state index contributed by atoms with van der Waals surface area (Å²) in [5, 5.41) is 3.85. The summed E-state index contributed by atoms with van der Waals surface area (Å²) in [6.45, 7) is 0.600. The molecule has 0 aliphatic rings. The minimum Gasteiger partial charge on any atom is -0.380 e. The standard InChI is InChI=1S/C13H10BrClFN/c14-12-5-4-11(16)7-13(12)17-8-9-2-1-3-10(15)6-9/h1-7,17H,8H2. The van der Waals surface area contributed by atoms with Crippen LogP contribution < -0.4 is 5.32 Å². The van der Waals surface area contributed by atoms with E-state index >= 15 is 0 Å². The fourth-order valence-corrected chi connectivity index (χ4v) is 2.08. The summed E-state index contributed by atoms with van der Waals surface area (Å²) in [7, 11) is 0. The van der Waals surface area contributed by atoms with Crippen LogP contribution in [0.4, 0.5) is 10.1 Å². The second kappa shape index (κ2) is 5.52. The SMILES string of the molecule is Fc1ccc(Br)c(NCc2cccc(Cl)c2)c1. The molecule has 0 spiro atoms. The lowest BCUT2D eigenvalue weighted by Crippen LogP contribution is -2.00. The smallest absolute Gasteiger partial charge is 0.125 e.